The van der Waals surface area contributed by atoms with Crippen molar-refractivity contribution in [3.8, 4) is 5.88 Å². The van der Waals surface area contributed by atoms with Gasteiger partial charge in [0.15, 0.2) is 0 Å². The molecule has 1 aliphatic rings. The third-order valence-corrected chi connectivity index (χ3v) is 4.24. The predicted molar refractivity (Wildman–Crippen MR) is 99.8 cm³/mol. The number of aryl methyl sites for hydroxylation is 2. The monoisotopic (exact) mass is 340 g/mol. The molecule has 0 spiro atoms. The standard InChI is InChI=1S/C18H24N6O/c1-13-18(24-9-5-4-6-16(24)23-13)15(19-2)11-20-12-22-14-7-8-17(25-3)21-10-14/h7-8,10-11,20,22H,2,4-6,9,12H2,1,3H3/b15-11-. The fourth-order valence-electron chi connectivity index (χ4n) is 3.03. The van der Waals surface area contributed by atoms with Gasteiger partial charge in [-0.1, -0.05) is 0 Å². The molecule has 0 aliphatic carbocycles. The lowest BCUT2D eigenvalue weighted by Gasteiger charge is -2.16. The Morgan fingerprint density at radius 1 is 1.44 bits per heavy atom. The van der Waals surface area contributed by atoms with Crippen LogP contribution in [-0.4, -0.2) is 35.0 Å². The Morgan fingerprint density at radius 3 is 3.04 bits per heavy atom. The van der Waals surface area contributed by atoms with Gasteiger partial charge in [-0.15, -0.1) is 0 Å². The van der Waals surface area contributed by atoms with Crippen molar-refractivity contribution in [3.05, 3.63) is 41.7 Å². The van der Waals surface area contributed by atoms with Crippen LogP contribution in [0.2, 0.25) is 0 Å². The van der Waals surface area contributed by atoms with Crippen molar-refractivity contribution in [2.24, 2.45) is 4.99 Å². The van der Waals surface area contributed by atoms with E-state index in [-0.39, 0.29) is 0 Å². The molecule has 7 heteroatoms. The molecule has 0 amide bonds. The minimum Gasteiger partial charge on any atom is -0.481 e. The van der Waals surface area contributed by atoms with Crippen LogP contribution in [0.4, 0.5) is 5.69 Å². The number of imidazole rings is 1. The molecule has 0 atom stereocenters. The summed E-state index contributed by atoms with van der Waals surface area (Å²) in [6.07, 6.45) is 7.02. The van der Waals surface area contributed by atoms with Crippen LogP contribution in [0, 0.1) is 6.92 Å². The molecule has 0 unspecified atom stereocenters. The summed E-state index contributed by atoms with van der Waals surface area (Å²) in [7, 11) is 1.60. The predicted octanol–water partition coefficient (Wildman–Crippen LogP) is 2.59. The SMILES string of the molecule is C=N/C(=C\NCNc1ccc(OC)nc1)c1c(C)nc2n1CCCC2. The van der Waals surface area contributed by atoms with Crippen LogP contribution in [0.15, 0.2) is 29.5 Å². The second-order valence-corrected chi connectivity index (χ2v) is 5.91. The number of fused-ring (bicyclic) bond motifs is 1. The molecule has 3 heterocycles. The van der Waals surface area contributed by atoms with Crippen LogP contribution in [0.5, 0.6) is 5.88 Å². The fraction of sp³-hybridized carbons (Fsp3) is 0.389. The minimum atomic E-state index is 0.549. The van der Waals surface area contributed by atoms with E-state index < -0.39 is 0 Å². The van der Waals surface area contributed by atoms with Crippen molar-refractivity contribution in [2.45, 2.75) is 32.7 Å². The van der Waals surface area contributed by atoms with Crippen LogP contribution in [-0.2, 0) is 13.0 Å². The normalized spacial score (nSPS) is 13.9. The number of methoxy groups -OCH3 is 1. The Balaban J connectivity index is 1.65. The van der Waals surface area contributed by atoms with E-state index in [2.05, 4.69) is 36.9 Å². The first kappa shape index (κ1) is 17.0. The summed E-state index contributed by atoms with van der Waals surface area (Å²) < 4.78 is 7.31. The second kappa shape index (κ2) is 7.83. The highest BCUT2D eigenvalue weighted by Crippen LogP contribution is 2.25. The molecular formula is C18H24N6O. The van der Waals surface area contributed by atoms with E-state index in [9.17, 15) is 0 Å². The molecule has 0 fully saturated rings. The maximum atomic E-state index is 5.05. The van der Waals surface area contributed by atoms with Gasteiger partial charge in [0.2, 0.25) is 5.88 Å². The summed E-state index contributed by atoms with van der Waals surface area (Å²) in [4.78, 5) is 13.0. The summed E-state index contributed by atoms with van der Waals surface area (Å²) in [6, 6.07) is 3.73. The van der Waals surface area contributed by atoms with Gasteiger partial charge in [0.25, 0.3) is 0 Å². The number of aliphatic imine (C=N–C) groups is 1. The largest absolute Gasteiger partial charge is 0.481 e. The molecule has 25 heavy (non-hydrogen) atoms. The van der Waals surface area contributed by atoms with Gasteiger partial charge >= 0.3 is 0 Å². The molecular weight excluding hydrogens is 316 g/mol. The average Bonchev–Trinajstić information content (AvgIpc) is 2.98. The van der Waals surface area contributed by atoms with E-state index in [1.165, 1.54) is 12.8 Å². The molecule has 0 aromatic carbocycles. The van der Waals surface area contributed by atoms with Crippen LogP contribution >= 0.6 is 0 Å². The molecule has 7 nitrogen and oxygen atoms in total. The maximum Gasteiger partial charge on any atom is 0.213 e. The summed E-state index contributed by atoms with van der Waals surface area (Å²) in [5, 5.41) is 6.47. The van der Waals surface area contributed by atoms with Gasteiger partial charge < -0.3 is 19.9 Å². The van der Waals surface area contributed by atoms with Crippen LogP contribution in [0.1, 0.15) is 30.1 Å². The van der Waals surface area contributed by atoms with Crippen molar-refractivity contribution in [2.75, 3.05) is 19.1 Å². The summed E-state index contributed by atoms with van der Waals surface area (Å²) in [5.74, 6) is 1.74. The van der Waals surface area contributed by atoms with E-state index in [0.29, 0.717) is 12.5 Å². The summed E-state index contributed by atoms with van der Waals surface area (Å²) in [6.45, 7) is 7.29. The maximum absolute atomic E-state index is 5.05. The van der Waals surface area contributed by atoms with Gasteiger partial charge in [-0.3, -0.25) is 4.99 Å². The van der Waals surface area contributed by atoms with E-state index in [1.54, 1.807) is 13.3 Å². The zero-order valence-corrected chi connectivity index (χ0v) is 14.7. The molecule has 2 aromatic heterocycles. The highest BCUT2D eigenvalue weighted by atomic mass is 16.5. The summed E-state index contributed by atoms with van der Waals surface area (Å²) in [5.41, 5.74) is 3.79. The minimum absolute atomic E-state index is 0.549. The van der Waals surface area contributed by atoms with Crippen molar-refractivity contribution in [1.29, 1.82) is 0 Å². The number of hydrogen-bond donors (Lipinski definition) is 2. The lowest BCUT2D eigenvalue weighted by atomic mass is 10.1. The van der Waals surface area contributed by atoms with Gasteiger partial charge in [0.05, 0.1) is 37.1 Å². The highest BCUT2D eigenvalue weighted by molar-refractivity contribution is 5.67. The number of aromatic nitrogens is 3. The van der Waals surface area contributed by atoms with E-state index in [1.807, 2.05) is 25.3 Å². The Bertz CT molecular complexity index is 763. The molecule has 0 bridgehead atoms. The van der Waals surface area contributed by atoms with Crippen molar-refractivity contribution in [1.82, 2.24) is 19.9 Å². The van der Waals surface area contributed by atoms with E-state index in [4.69, 9.17) is 4.74 Å². The molecule has 132 valence electrons. The third kappa shape index (κ3) is 3.81. The quantitative estimate of drug-likeness (QED) is 0.460. The number of pyridine rings is 1. The van der Waals surface area contributed by atoms with E-state index in [0.717, 1.165) is 41.6 Å². The lowest BCUT2D eigenvalue weighted by molar-refractivity contribution is 0.398. The molecule has 0 radical (unpaired) electrons. The van der Waals surface area contributed by atoms with E-state index >= 15 is 0 Å². The molecule has 2 N–H and O–H groups in total. The number of anilines is 1. The zero-order chi connectivity index (χ0) is 17.6. The third-order valence-electron chi connectivity index (χ3n) is 4.24. The number of rotatable bonds is 7. The Morgan fingerprint density at radius 2 is 2.32 bits per heavy atom. The Kier molecular flexibility index (Phi) is 5.33. The van der Waals surface area contributed by atoms with Gasteiger partial charge in [-0.25, -0.2) is 9.97 Å². The highest BCUT2D eigenvalue weighted by Gasteiger charge is 2.19. The second-order valence-electron chi connectivity index (χ2n) is 5.91. The number of nitrogens with one attached hydrogen (secondary N) is 2. The van der Waals surface area contributed by atoms with Gasteiger partial charge in [0, 0.05) is 25.2 Å². The zero-order valence-electron chi connectivity index (χ0n) is 14.7. The molecule has 2 aromatic rings. The van der Waals surface area contributed by atoms with Crippen molar-refractivity contribution < 1.29 is 4.74 Å². The Labute approximate surface area is 147 Å². The summed E-state index contributed by atoms with van der Waals surface area (Å²) >= 11 is 0. The molecule has 1 aliphatic heterocycles. The topological polar surface area (TPSA) is 76.4 Å². The first-order valence-electron chi connectivity index (χ1n) is 8.43. The smallest absolute Gasteiger partial charge is 0.213 e. The molecule has 0 saturated carbocycles. The number of nitrogens with zero attached hydrogens (tertiary/aromatic N) is 4. The van der Waals surface area contributed by atoms with Gasteiger partial charge in [-0.2, -0.15) is 0 Å². The first-order chi connectivity index (χ1) is 12.2. The number of hydrogen-bond acceptors (Lipinski definition) is 6. The van der Waals surface area contributed by atoms with Crippen molar-refractivity contribution in [3.63, 3.8) is 0 Å². The lowest BCUT2D eigenvalue weighted by Crippen LogP contribution is -2.18. The van der Waals surface area contributed by atoms with Crippen LogP contribution < -0.4 is 15.4 Å². The van der Waals surface area contributed by atoms with Crippen LogP contribution in [0.3, 0.4) is 0 Å². The first-order valence-corrected chi connectivity index (χ1v) is 8.43. The van der Waals surface area contributed by atoms with Crippen LogP contribution in [0.25, 0.3) is 5.70 Å². The van der Waals surface area contributed by atoms with Gasteiger partial charge in [0.1, 0.15) is 11.5 Å². The van der Waals surface area contributed by atoms with Gasteiger partial charge in [-0.05, 0) is 32.5 Å². The van der Waals surface area contributed by atoms with Crippen molar-refractivity contribution >= 4 is 18.1 Å². The average molecular weight is 340 g/mol. The molecule has 0 saturated heterocycles. The Hall–Kier alpha value is -2.83. The number of ether oxygens (including phenoxy) is 1. The molecule has 3 rings (SSSR count). The fourth-order valence-corrected chi connectivity index (χ4v) is 3.03.